The normalized spacial score (nSPS) is 20.4. The Hall–Kier alpha value is -3.24. The summed E-state index contributed by atoms with van der Waals surface area (Å²) in [6.45, 7) is 1.73. The van der Waals surface area contributed by atoms with Crippen molar-refractivity contribution in [1.82, 2.24) is 19.9 Å². The number of aromatic nitrogens is 3. The number of hydrogen-bond acceptors (Lipinski definition) is 6. The molecule has 4 rings (SSSR count). The van der Waals surface area contributed by atoms with Gasteiger partial charge in [0.2, 0.25) is 11.9 Å². The summed E-state index contributed by atoms with van der Waals surface area (Å²) in [5.41, 5.74) is 1.11. The maximum absolute atomic E-state index is 12.5. The fraction of sp³-hybridized carbons (Fsp3) is 0.450. The molecule has 0 radical (unpaired) electrons. The largest absolute Gasteiger partial charge is 0.490 e. The minimum Gasteiger partial charge on any atom is -0.475 e. The van der Waals surface area contributed by atoms with Crippen LogP contribution in [-0.2, 0) is 9.59 Å². The molecule has 2 aromatic heterocycles. The lowest BCUT2D eigenvalue weighted by Crippen LogP contribution is -2.54. The Bertz CT molecular complexity index is 903. The van der Waals surface area contributed by atoms with E-state index in [1.807, 2.05) is 42.5 Å². The molecule has 1 spiro atoms. The van der Waals surface area contributed by atoms with Gasteiger partial charge in [0, 0.05) is 57.3 Å². The molecule has 1 N–H and O–H groups in total. The van der Waals surface area contributed by atoms with Crippen molar-refractivity contribution in [2.24, 2.45) is 0 Å². The minimum absolute atomic E-state index is 0.107. The zero-order chi connectivity index (χ0) is 22.6. The second-order valence-corrected chi connectivity index (χ2v) is 7.43. The van der Waals surface area contributed by atoms with E-state index in [1.54, 1.807) is 12.4 Å². The number of hydrogen-bond donors (Lipinski definition) is 1. The molecule has 2 aliphatic heterocycles. The van der Waals surface area contributed by atoms with E-state index in [-0.39, 0.29) is 17.4 Å². The van der Waals surface area contributed by atoms with Gasteiger partial charge >= 0.3 is 12.1 Å². The van der Waals surface area contributed by atoms with Crippen molar-refractivity contribution in [3.05, 3.63) is 48.5 Å². The summed E-state index contributed by atoms with van der Waals surface area (Å²) in [7, 11) is 1.96. The SMILES string of the molecule is CN1C(=O)CC(c2ccncc2)C12CCN(c1ncccn1)CC2.O=C(O)C(F)(F)F. The van der Waals surface area contributed by atoms with Gasteiger partial charge in [0.05, 0.1) is 5.54 Å². The van der Waals surface area contributed by atoms with Crippen LogP contribution in [0, 0.1) is 0 Å². The highest BCUT2D eigenvalue weighted by Gasteiger charge is 2.52. The molecule has 0 aliphatic carbocycles. The highest BCUT2D eigenvalue weighted by molar-refractivity contribution is 5.81. The molecule has 2 aliphatic rings. The molecule has 0 saturated carbocycles. The van der Waals surface area contributed by atoms with Gasteiger partial charge in [0.15, 0.2) is 0 Å². The first-order valence-corrected chi connectivity index (χ1v) is 9.64. The van der Waals surface area contributed by atoms with Gasteiger partial charge in [-0.15, -0.1) is 0 Å². The predicted molar refractivity (Wildman–Crippen MR) is 104 cm³/mol. The molecule has 166 valence electrons. The van der Waals surface area contributed by atoms with Crippen LogP contribution < -0.4 is 4.90 Å². The molecule has 31 heavy (non-hydrogen) atoms. The van der Waals surface area contributed by atoms with Crippen LogP contribution in [0.25, 0.3) is 0 Å². The quantitative estimate of drug-likeness (QED) is 0.771. The summed E-state index contributed by atoms with van der Waals surface area (Å²) in [4.78, 5) is 38.4. The van der Waals surface area contributed by atoms with E-state index >= 15 is 0 Å². The number of alkyl halides is 3. The Morgan fingerprint density at radius 3 is 2.19 bits per heavy atom. The van der Waals surface area contributed by atoms with Crippen molar-refractivity contribution < 1.29 is 27.9 Å². The molecule has 2 aromatic rings. The smallest absolute Gasteiger partial charge is 0.475 e. The maximum Gasteiger partial charge on any atom is 0.490 e. The standard InChI is InChI=1S/C18H21N5O.C2HF3O2/c1-22-16(24)13-15(14-3-9-19-10-4-14)18(22)5-11-23(12-6-18)17-20-7-2-8-21-17;3-2(4,5)1(6)7/h2-4,7-10,15H,5-6,11-13H2,1H3;(H,6,7). The van der Waals surface area contributed by atoms with Gasteiger partial charge in [0.25, 0.3) is 0 Å². The number of likely N-dealkylation sites (N-methyl/N-ethyl adjacent to an activating group) is 1. The van der Waals surface area contributed by atoms with Crippen molar-refractivity contribution in [3.8, 4) is 0 Å². The number of carboxylic acids is 1. The van der Waals surface area contributed by atoms with Gasteiger partial charge in [0.1, 0.15) is 0 Å². The molecule has 0 aromatic carbocycles. The number of carbonyl (C=O) groups excluding carboxylic acids is 1. The molecule has 2 saturated heterocycles. The number of carbonyl (C=O) groups is 2. The summed E-state index contributed by atoms with van der Waals surface area (Å²) >= 11 is 0. The molecule has 4 heterocycles. The van der Waals surface area contributed by atoms with E-state index in [2.05, 4.69) is 19.9 Å². The Labute approximate surface area is 176 Å². The van der Waals surface area contributed by atoms with Crippen molar-refractivity contribution in [1.29, 1.82) is 0 Å². The van der Waals surface area contributed by atoms with Crippen LogP contribution in [0.2, 0.25) is 0 Å². The first-order valence-electron chi connectivity index (χ1n) is 9.64. The fourth-order valence-electron chi connectivity index (χ4n) is 4.24. The van der Waals surface area contributed by atoms with Crippen LogP contribution in [0.3, 0.4) is 0 Å². The number of aliphatic carboxylic acids is 1. The molecule has 2 fully saturated rings. The van der Waals surface area contributed by atoms with Gasteiger partial charge in [-0.05, 0) is 36.6 Å². The summed E-state index contributed by atoms with van der Waals surface area (Å²) < 4.78 is 31.7. The zero-order valence-electron chi connectivity index (χ0n) is 16.8. The molecule has 1 amide bonds. The number of likely N-dealkylation sites (tertiary alicyclic amines) is 1. The minimum atomic E-state index is -5.08. The van der Waals surface area contributed by atoms with Crippen LogP contribution >= 0.6 is 0 Å². The Morgan fingerprint density at radius 1 is 1.13 bits per heavy atom. The van der Waals surface area contributed by atoms with Crippen molar-refractivity contribution in [2.75, 3.05) is 25.0 Å². The lowest BCUT2D eigenvalue weighted by atomic mass is 9.74. The first kappa shape index (κ1) is 22.4. The van der Waals surface area contributed by atoms with Crippen molar-refractivity contribution >= 4 is 17.8 Å². The van der Waals surface area contributed by atoms with Crippen LogP contribution in [0.4, 0.5) is 19.1 Å². The molecule has 0 bridgehead atoms. The lowest BCUT2D eigenvalue weighted by molar-refractivity contribution is -0.192. The number of anilines is 1. The number of halogens is 3. The summed E-state index contributed by atoms with van der Waals surface area (Å²) in [6.07, 6.45) is 4.55. The van der Waals surface area contributed by atoms with E-state index in [0.29, 0.717) is 6.42 Å². The van der Waals surface area contributed by atoms with Crippen LogP contribution in [0.1, 0.15) is 30.7 Å². The third kappa shape index (κ3) is 4.75. The average Bonchev–Trinajstić information content (AvgIpc) is 3.00. The van der Waals surface area contributed by atoms with E-state index < -0.39 is 12.1 Å². The van der Waals surface area contributed by atoms with E-state index in [9.17, 15) is 18.0 Å². The lowest BCUT2D eigenvalue weighted by Gasteiger charge is -2.46. The summed E-state index contributed by atoms with van der Waals surface area (Å²) in [5, 5.41) is 7.12. The third-order valence-corrected chi connectivity index (χ3v) is 5.88. The van der Waals surface area contributed by atoms with Crippen LogP contribution in [0.15, 0.2) is 43.0 Å². The van der Waals surface area contributed by atoms with Gasteiger partial charge < -0.3 is 14.9 Å². The Morgan fingerprint density at radius 2 is 1.68 bits per heavy atom. The highest BCUT2D eigenvalue weighted by atomic mass is 19.4. The molecular weight excluding hydrogens is 415 g/mol. The van der Waals surface area contributed by atoms with Gasteiger partial charge in [-0.3, -0.25) is 9.78 Å². The van der Waals surface area contributed by atoms with E-state index in [1.165, 1.54) is 5.56 Å². The van der Waals surface area contributed by atoms with Gasteiger partial charge in [-0.2, -0.15) is 13.2 Å². The number of amides is 1. The average molecular weight is 437 g/mol. The number of carboxylic acid groups (broad SMARTS) is 1. The van der Waals surface area contributed by atoms with Gasteiger partial charge in [-0.25, -0.2) is 14.8 Å². The molecular formula is C20H22F3N5O3. The molecule has 8 nitrogen and oxygen atoms in total. The number of nitrogens with zero attached hydrogens (tertiary/aromatic N) is 5. The Kier molecular flexibility index (Phi) is 6.42. The van der Waals surface area contributed by atoms with E-state index in [0.717, 1.165) is 31.9 Å². The van der Waals surface area contributed by atoms with Gasteiger partial charge in [-0.1, -0.05) is 0 Å². The fourth-order valence-corrected chi connectivity index (χ4v) is 4.24. The predicted octanol–water partition coefficient (Wildman–Crippen LogP) is 2.49. The number of piperidine rings is 1. The second kappa shape index (κ2) is 8.86. The third-order valence-electron chi connectivity index (χ3n) is 5.88. The summed E-state index contributed by atoms with van der Waals surface area (Å²) in [6, 6.07) is 5.93. The number of rotatable bonds is 2. The van der Waals surface area contributed by atoms with Crippen LogP contribution in [0.5, 0.6) is 0 Å². The Balaban J connectivity index is 0.000000339. The molecule has 11 heteroatoms. The molecule has 1 unspecified atom stereocenters. The number of pyridine rings is 1. The summed E-state index contributed by atoms with van der Waals surface area (Å²) in [5.74, 6) is -1.51. The topological polar surface area (TPSA) is 99.5 Å². The zero-order valence-corrected chi connectivity index (χ0v) is 16.8. The second-order valence-electron chi connectivity index (χ2n) is 7.43. The van der Waals surface area contributed by atoms with Crippen LogP contribution in [-0.4, -0.2) is 68.7 Å². The van der Waals surface area contributed by atoms with Crippen molar-refractivity contribution in [2.45, 2.75) is 36.9 Å². The van der Waals surface area contributed by atoms with E-state index in [4.69, 9.17) is 9.90 Å². The molecule has 1 atom stereocenters. The maximum atomic E-state index is 12.5. The highest BCUT2D eigenvalue weighted by Crippen LogP contribution is 2.48. The van der Waals surface area contributed by atoms with Crippen molar-refractivity contribution in [3.63, 3.8) is 0 Å². The monoisotopic (exact) mass is 437 g/mol. The first-order chi connectivity index (χ1) is 14.6.